The quantitative estimate of drug-likeness (QED) is 0.694. The van der Waals surface area contributed by atoms with Gasteiger partial charge in [0.05, 0.1) is 30.8 Å². The predicted octanol–water partition coefficient (Wildman–Crippen LogP) is 2.01. The van der Waals surface area contributed by atoms with Crippen molar-refractivity contribution in [2.45, 2.75) is 52.4 Å². The predicted molar refractivity (Wildman–Crippen MR) is 64.7 cm³/mol. The molecule has 0 radical (unpaired) electrons. The maximum Gasteiger partial charge on any atom is 0.311 e. The molecule has 0 spiro atoms. The molecular weight excluding hydrogens is 220 g/mol. The lowest BCUT2D eigenvalue weighted by atomic mass is 9.92. The highest BCUT2D eigenvalue weighted by Crippen LogP contribution is 2.33. The molecule has 0 aromatic carbocycles. The fraction of sp³-hybridized carbons (Fsp3) is 0.923. The molecule has 100 valence electrons. The summed E-state index contributed by atoms with van der Waals surface area (Å²) < 4.78 is 16.2. The molecule has 1 aliphatic heterocycles. The molecular formula is C13H24O4. The number of hydrogen-bond donors (Lipinski definition) is 0. The summed E-state index contributed by atoms with van der Waals surface area (Å²) in [6.07, 6.45) is 1.02. The molecule has 0 amide bonds. The fourth-order valence-electron chi connectivity index (χ4n) is 2.36. The van der Waals surface area contributed by atoms with Crippen LogP contribution in [0, 0.1) is 11.8 Å². The van der Waals surface area contributed by atoms with Gasteiger partial charge in [-0.05, 0) is 33.1 Å². The van der Waals surface area contributed by atoms with Crippen LogP contribution in [0.4, 0.5) is 0 Å². The molecule has 1 fully saturated rings. The standard InChI is InChI=1S/C13H24O4/c1-6-16-13(14)9(3)12-8(2)7-11(17-12)10(4)15-5/h8-12H,6-7H2,1-5H3/t8-,9?,10+,11+,12?/m0/s1. The van der Waals surface area contributed by atoms with Crippen LogP contribution >= 0.6 is 0 Å². The molecule has 1 heterocycles. The third kappa shape index (κ3) is 3.42. The zero-order valence-electron chi connectivity index (χ0n) is 11.4. The highest BCUT2D eigenvalue weighted by Gasteiger charge is 2.40. The van der Waals surface area contributed by atoms with Gasteiger partial charge in [0, 0.05) is 7.11 Å². The minimum atomic E-state index is -0.209. The highest BCUT2D eigenvalue weighted by molar-refractivity contribution is 5.72. The summed E-state index contributed by atoms with van der Waals surface area (Å²) in [4.78, 5) is 11.7. The molecule has 1 rings (SSSR count). The van der Waals surface area contributed by atoms with Crippen molar-refractivity contribution in [2.75, 3.05) is 13.7 Å². The first-order valence-electron chi connectivity index (χ1n) is 6.36. The van der Waals surface area contributed by atoms with E-state index < -0.39 is 0 Å². The minimum Gasteiger partial charge on any atom is -0.466 e. The fourth-order valence-corrected chi connectivity index (χ4v) is 2.36. The lowest BCUT2D eigenvalue weighted by Crippen LogP contribution is -2.32. The lowest BCUT2D eigenvalue weighted by molar-refractivity contribution is -0.154. The van der Waals surface area contributed by atoms with Gasteiger partial charge in [-0.25, -0.2) is 0 Å². The average molecular weight is 244 g/mol. The summed E-state index contributed by atoms with van der Waals surface area (Å²) in [7, 11) is 1.68. The second kappa shape index (κ2) is 6.36. The van der Waals surface area contributed by atoms with Crippen LogP contribution in [0.1, 0.15) is 34.1 Å². The Morgan fingerprint density at radius 1 is 1.47 bits per heavy atom. The Balaban J connectivity index is 2.57. The van der Waals surface area contributed by atoms with Gasteiger partial charge in [-0.15, -0.1) is 0 Å². The molecule has 4 heteroatoms. The zero-order valence-corrected chi connectivity index (χ0v) is 11.4. The van der Waals surface area contributed by atoms with Crippen LogP contribution in [0.15, 0.2) is 0 Å². The normalized spacial score (nSPS) is 32.2. The summed E-state index contributed by atoms with van der Waals surface area (Å²) in [5.74, 6) is -0.0221. The van der Waals surface area contributed by atoms with Gasteiger partial charge in [0.25, 0.3) is 0 Å². The molecule has 0 bridgehead atoms. The van der Waals surface area contributed by atoms with E-state index in [9.17, 15) is 4.79 Å². The van der Waals surface area contributed by atoms with E-state index in [1.807, 2.05) is 20.8 Å². The van der Waals surface area contributed by atoms with Crippen LogP contribution in [-0.4, -0.2) is 38.0 Å². The van der Waals surface area contributed by atoms with Crippen molar-refractivity contribution in [1.82, 2.24) is 0 Å². The van der Waals surface area contributed by atoms with E-state index in [2.05, 4.69) is 6.92 Å². The number of hydrogen-bond acceptors (Lipinski definition) is 4. The van der Waals surface area contributed by atoms with Gasteiger partial charge in [0.2, 0.25) is 0 Å². The molecule has 5 atom stereocenters. The van der Waals surface area contributed by atoms with Crippen LogP contribution in [0.3, 0.4) is 0 Å². The Hall–Kier alpha value is -0.610. The molecule has 0 N–H and O–H groups in total. The number of esters is 1. The van der Waals surface area contributed by atoms with Crippen molar-refractivity contribution in [3.8, 4) is 0 Å². The molecule has 0 saturated carbocycles. The maximum atomic E-state index is 11.7. The van der Waals surface area contributed by atoms with Crippen molar-refractivity contribution < 1.29 is 19.0 Å². The molecule has 4 nitrogen and oxygen atoms in total. The highest BCUT2D eigenvalue weighted by atomic mass is 16.6. The summed E-state index contributed by atoms with van der Waals surface area (Å²) in [5.41, 5.74) is 0. The number of ether oxygens (including phenoxy) is 3. The van der Waals surface area contributed by atoms with E-state index in [4.69, 9.17) is 14.2 Å². The van der Waals surface area contributed by atoms with Crippen LogP contribution in [0.5, 0.6) is 0 Å². The van der Waals surface area contributed by atoms with Crippen molar-refractivity contribution in [3.05, 3.63) is 0 Å². The van der Waals surface area contributed by atoms with Crippen LogP contribution in [0.2, 0.25) is 0 Å². The minimum absolute atomic E-state index is 0.0587. The average Bonchev–Trinajstić information content (AvgIpc) is 2.69. The van der Waals surface area contributed by atoms with E-state index >= 15 is 0 Å². The lowest BCUT2D eigenvalue weighted by Gasteiger charge is -2.22. The van der Waals surface area contributed by atoms with Gasteiger partial charge in [-0.2, -0.15) is 0 Å². The maximum absolute atomic E-state index is 11.7. The Morgan fingerprint density at radius 2 is 2.12 bits per heavy atom. The molecule has 1 aliphatic rings. The molecule has 0 aromatic rings. The summed E-state index contributed by atoms with van der Waals surface area (Å²) in [6, 6.07) is 0. The van der Waals surface area contributed by atoms with Gasteiger partial charge in [-0.1, -0.05) is 6.92 Å². The first kappa shape index (κ1) is 14.5. The third-order valence-electron chi connectivity index (χ3n) is 3.54. The Labute approximate surface area is 104 Å². The summed E-state index contributed by atoms with van der Waals surface area (Å²) in [5, 5.41) is 0. The van der Waals surface area contributed by atoms with Crippen LogP contribution in [-0.2, 0) is 19.0 Å². The third-order valence-corrected chi connectivity index (χ3v) is 3.54. The largest absolute Gasteiger partial charge is 0.466 e. The van der Waals surface area contributed by atoms with Gasteiger partial charge in [0.15, 0.2) is 0 Å². The summed E-state index contributed by atoms with van der Waals surface area (Å²) >= 11 is 0. The molecule has 2 unspecified atom stereocenters. The van der Waals surface area contributed by atoms with Gasteiger partial charge >= 0.3 is 5.97 Å². The van der Waals surface area contributed by atoms with E-state index in [1.165, 1.54) is 0 Å². The second-order valence-electron chi connectivity index (χ2n) is 4.83. The number of methoxy groups -OCH3 is 1. The van der Waals surface area contributed by atoms with Crippen molar-refractivity contribution in [2.24, 2.45) is 11.8 Å². The van der Waals surface area contributed by atoms with E-state index in [0.29, 0.717) is 12.5 Å². The van der Waals surface area contributed by atoms with Gasteiger partial charge < -0.3 is 14.2 Å². The zero-order chi connectivity index (χ0) is 13.0. The molecule has 17 heavy (non-hydrogen) atoms. The van der Waals surface area contributed by atoms with Crippen molar-refractivity contribution in [1.29, 1.82) is 0 Å². The first-order valence-corrected chi connectivity index (χ1v) is 6.36. The molecule has 1 saturated heterocycles. The first-order chi connectivity index (χ1) is 8.01. The van der Waals surface area contributed by atoms with E-state index in [0.717, 1.165) is 6.42 Å². The van der Waals surface area contributed by atoms with Gasteiger partial charge in [0.1, 0.15) is 0 Å². The summed E-state index contributed by atoms with van der Waals surface area (Å²) in [6.45, 7) is 8.22. The number of carbonyl (C=O) groups is 1. The van der Waals surface area contributed by atoms with Gasteiger partial charge in [-0.3, -0.25) is 4.79 Å². The topological polar surface area (TPSA) is 44.8 Å². The number of rotatable bonds is 5. The van der Waals surface area contributed by atoms with Crippen LogP contribution < -0.4 is 0 Å². The Morgan fingerprint density at radius 3 is 2.65 bits per heavy atom. The van der Waals surface area contributed by atoms with Crippen LogP contribution in [0.25, 0.3) is 0 Å². The second-order valence-corrected chi connectivity index (χ2v) is 4.83. The van der Waals surface area contributed by atoms with E-state index in [1.54, 1.807) is 7.11 Å². The SMILES string of the molecule is CCOC(=O)C(C)C1O[C@@H]([C@@H](C)OC)C[C@@H]1C. The molecule has 0 aliphatic carbocycles. The van der Waals surface area contributed by atoms with Crippen molar-refractivity contribution >= 4 is 5.97 Å². The van der Waals surface area contributed by atoms with E-state index in [-0.39, 0.29) is 30.2 Å². The monoisotopic (exact) mass is 244 g/mol. The van der Waals surface area contributed by atoms with Crippen molar-refractivity contribution in [3.63, 3.8) is 0 Å². The Kier molecular flexibility index (Phi) is 5.40. The Bertz CT molecular complexity index is 254. The smallest absolute Gasteiger partial charge is 0.311 e. The number of carbonyl (C=O) groups excluding carboxylic acids is 1. The molecule has 0 aromatic heterocycles.